The van der Waals surface area contributed by atoms with Gasteiger partial charge < -0.3 is 24.5 Å². The molecule has 2 aromatic heterocycles. The van der Waals surface area contributed by atoms with Gasteiger partial charge in [-0.25, -0.2) is 4.98 Å². The van der Waals surface area contributed by atoms with Crippen LogP contribution in [0.15, 0.2) is 36.5 Å². The summed E-state index contributed by atoms with van der Waals surface area (Å²) in [5.41, 5.74) is 4.42. The van der Waals surface area contributed by atoms with Crippen molar-refractivity contribution in [1.82, 2.24) is 15.0 Å². The Bertz CT molecular complexity index is 1370. The van der Waals surface area contributed by atoms with Crippen LogP contribution in [0, 0.1) is 18.3 Å². The molecule has 1 atom stereocenters. The third-order valence-electron chi connectivity index (χ3n) is 5.44. The number of nitriles is 1. The molecule has 0 saturated heterocycles. The van der Waals surface area contributed by atoms with E-state index in [0.29, 0.717) is 17.8 Å². The predicted molar refractivity (Wildman–Crippen MR) is 133 cm³/mol. The Hall–Kier alpha value is -2.19. The van der Waals surface area contributed by atoms with Crippen LogP contribution in [0.5, 0.6) is 5.75 Å². The number of aryl methyl sites for hydroxylation is 1. The number of carbonyl (C=O) groups is 1. The molecule has 0 aliphatic carbocycles. The van der Waals surface area contributed by atoms with Crippen LogP contribution in [0.3, 0.4) is 0 Å². The summed E-state index contributed by atoms with van der Waals surface area (Å²) in [6.07, 6.45) is 2.64. The number of esters is 1. The molecule has 0 amide bonds. The first-order valence-corrected chi connectivity index (χ1v) is 11.4. The molecule has 8 nitrogen and oxygen atoms in total. The molecule has 1 unspecified atom stereocenters. The number of nitrogens with zero attached hydrogens (tertiary/aromatic N) is 2. The van der Waals surface area contributed by atoms with Crippen LogP contribution in [0.2, 0.25) is 0 Å². The number of hydrogen-bond donors (Lipinski definition) is 2. The second-order valence-corrected chi connectivity index (χ2v) is 9.32. The van der Waals surface area contributed by atoms with Crippen LogP contribution >= 0.6 is 0 Å². The molecule has 9 heteroatoms. The van der Waals surface area contributed by atoms with E-state index < -0.39 is 5.60 Å². The minimum atomic E-state index is -0.750. The number of benzene rings is 2. The van der Waals surface area contributed by atoms with Crippen molar-refractivity contribution in [3.63, 3.8) is 0 Å². The minimum absolute atomic E-state index is 0. The van der Waals surface area contributed by atoms with Gasteiger partial charge in [-0.05, 0) is 49.2 Å². The molecule has 184 valence electrons. The summed E-state index contributed by atoms with van der Waals surface area (Å²) in [6.45, 7) is 6.92. The Labute approximate surface area is 253 Å². The number of H-pyrrole nitrogens is 2. The quantitative estimate of drug-likeness (QED) is 0.296. The molecule has 2 aromatic carbocycles. The van der Waals surface area contributed by atoms with E-state index in [4.69, 9.17) is 14.5 Å². The molecular formula is C27H31KN4O4. The topological polar surface area (TPSA) is 127 Å². The largest absolute Gasteiger partial charge is 1.00 e. The van der Waals surface area contributed by atoms with Crippen LogP contribution in [0.1, 0.15) is 62.0 Å². The van der Waals surface area contributed by atoms with Gasteiger partial charge >= 0.3 is 57.4 Å². The van der Waals surface area contributed by atoms with Gasteiger partial charge in [0.25, 0.3) is 0 Å². The fourth-order valence-corrected chi connectivity index (χ4v) is 3.97. The van der Waals surface area contributed by atoms with E-state index in [1.54, 1.807) is 40.0 Å². The van der Waals surface area contributed by atoms with E-state index in [0.717, 1.165) is 38.8 Å². The number of imidazole rings is 1. The predicted octanol–water partition coefficient (Wildman–Crippen LogP) is 1.47. The van der Waals surface area contributed by atoms with Gasteiger partial charge in [0.15, 0.2) is 0 Å². The first kappa shape index (κ1) is 30.0. The smallest absolute Gasteiger partial charge is 0.850 e. The van der Waals surface area contributed by atoms with E-state index >= 15 is 0 Å². The van der Waals surface area contributed by atoms with E-state index in [2.05, 4.69) is 16.0 Å². The maximum atomic E-state index is 11.9. The summed E-state index contributed by atoms with van der Waals surface area (Å²) >= 11 is 0. The number of hydrogen-bond acceptors (Lipinski definition) is 6. The Balaban J connectivity index is 0.000000694. The van der Waals surface area contributed by atoms with Gasteiger partial charge in [-0.15, -0.1) is 5.60 Å². The zero-order chi connectivity index (χ0) is 25.8. The third-order valence-corrected chi connectivity index (χ3v) is 5.44. The molecule has 0 radical (unpaired) electrons. The molecule has 0 bridgehead atoms. The maximum Gasteiger partial charge on any atom is 1.00 e. The molecule has 0 spiro atoms. The van der Waals surface area contributed by atoms with E-state index in [1.165, 1.54) is 7.11 Å². The maximum absolute atomic E-state index is 11.9. The van der Waals surface area contributed by atoms with Gasteiger partial charge in [-0.3, -0.25) is 4.79 Å². The standard InChI is InChI=1S/C23H22N4O3.C4H9O.K/c1-13-10-19(29-2)21(15-8-9-25-22(13)15)16(5-7-20(28)30-3)23-26-17-6-4-14(12-24)11-18(17)27-23;1-4(2,3)5;/h4,6,8-11,16,25H,5,7H2,1-3H3,(H,26,27);1-3H3;/q;-1;+1. The SMILES string of the molecule is CC(C)(C)[O-].COC(=O)CCC(c1nc2ccc(C#N)cc2[nH]1)c1c(OC)cc(C)c2[nH]ccc12.[K+]. The van der Waals surface area contributed by atoms with Crippen molar-refractivity contribution in [2.45, 2.75) is 52.1 Å². The van der Waals surface area contributed by atoms with Gasteiger partial charge in [-0.2, -0.15) is 5.26 Å². The summed E-state index contributed by atoms with van der Waals surface area (Å²) < 4.78 is 10.6. The zero-order valence-electron chi connectivity index (χ0n) is 22.0. The van der Waals surface area contributed by atoms with Crippen molar-refractivity contribution in [2.75, 3.05) is 14.2 Å². The second-order valence-electron chi connectivity index (χ2n) is 9.32. The van der Waals surface area contributed by atoms with Crippen molar-refractivity contribution >= 4 is 27.9 Å². The van der Waals surface area contributed by atoms with Crippen LogP contribution in [0.25, 0.3) is 21.9 Å². The monoisotopic (exact) mass is 514 g/mol. The molecule has 0 fully saturated rings. The number of ether oxygens (including phenoxy) is 2. The van der Waals surface area contributed by atoms with Crippen molar-refractivity contribution in [2.24, 2.45) is 0 Å². The number of rotatable bonds is 6. The number of aromatic nitrogens is 3. The fraction of sp³-hybridized carbons (Fsp3) is 0.370. The number of carbonyl (C=O) groups excluding carboxylic acids is 1. The van der Waals surface area contributed by atoms with E-state index in [-0.39, 0.29) is 69.7 Å². The van der Waals surface area contributed by atoms with Crippen molar-refractivity contribution in [3.05, 3.63) is 59.0 Å². The van der Waals surface area contributed by atoms with Gasteiger partial charge in [0.05, 0.1) is 36.9 Å². The van der Waals surface area contributed by atoms with Crippen molar-refractivity contribution < 1.29 is 70.8 Å². The number of aromatic amines is 2. The average molecular weight is 515 g/mol. The Morgan fingerprint density at radius 2 is 1.92 bits per heavy atom. The molecular weight excluding hydrogens is 483 g/mol. The molecule has 2 heterocycles. The van der Waals surface area contributed by atoms with Crippen molar-refractivity contribution in [3.8, 4) is 11.8 Å². The van der Waals surface area contributed by atoms with Crippen LogP contribution in [0.4, 0.5) is 0 Å². The minimum Gasteiger partial charge on any atom is -0.850 e. The van der Waals surface area contributed by atoms with Crippen molar-refractivity contribution in [1.29, 1.82) is 5.26 Å². The summed E-state index contributed by atoms with van der Waals surface area (Å²) in [7, 11) is 3.03. The van der Waals surface area contributed by atoms with Gasteiger partial charge in [0.1, 0.15) is 11.6 Å². The summed E-state index contributed by atoms with van der Waals surface area (Å²) in [6, 6.07) is 11.5. The molecule has 0 aliphatic heterocycles. The molecule has 0 saturated carbocycles. The number of methoxy groups -OCH3 is 2. The van der Waals surface area contributed by atoms with Crippen LogP contribution in [-0.2, 0) is 9.53 Å². The fourth-order valence-electron chi connectivity index (χ4n) is 3.97. The first-order chi connectivity index (χ1) is 16.5. The van der Waals surface area contributed by atoms with E-state index in [9.17, 15) is 15.2 Å². The summed E-state index contributed by atoms with van der Waals surface area (Å²) in [5, 5.41) is 20.3. The molecule has 0 aliphatic rings. The molecule has 4 rings (SSSR count). The molecule has 4 aromatic rings. The van der Waals surface area contributed by atoms with Gasteiger partial charge in [0.2, 0.25) is 0 Å². The molecule has 2 N–H and O–H groups in total. The number of fused-ring (bicyclic) bond motifs is 2. The Morgan fingerprint density at radius 1 is 1.22 bits per heavy atom. The first-order valence-electron chi connectivity index (χ1n) is 11.4. The Kier molecular flexibility index (Phi) is 10.7. The normalized spacial score (nSPS) is 11.7. The summed E-state index contributed by atoms with van der Waals surface area (Å²) in [5.74, 6) is 0.955. The van der Waals surface area contributed by atoms with Crippen LogP contribution in [-0.4, -0.2) is 40.7 Å². The Morgan fingerprint density at radius 3 is 2.53 bits per heavy atom. The average Bonchev–Trinajstić information content (AvgIpc) is 3.45. The third kappa shape index (κ3) is 7.41. The zero-order valence-corrected chi connectivity index (χ0v) is 25.1. The van der Waals surface area contributed by atoms with Gasteiger partial charge in [0, 0.05) is 35.0 Å². The summed E-state index contributed by atoms with van der Waals surface area (Å²) in [4.78, 5) is 23.3. The van der Waals surface area contributed by atoms with Crippen LogP contribution < -0.4 is 61.2 Å². The molecule has 36 heavy (non-hydrogen) atoms. The second kappa shape index (κ2) is 12.9. The number of nitrogens with one attached hydrogen (secondary N) is 2. The van der Waals surface area contributed by atoms with E-state index in [1.807, 2.05) is 31.3 Å². The van der Waals surface area contributed by atoms with Gasteiger partial charge in [-0.1, -0.05) is 20.8 Å².